The Balaban J connectivity index is 1.00. The maximum atomic E-state index is 7.18. The molecule has 13 rings (SSSR count). The largest absolute Gasteiger partial charge is 0.458 e. The predicted molar refractivity (Wildman–Crippen MR) is 273 cm³/mol. The number of hydrogen-bond donors (Lipinski definition) is 0. The van der Waals surface area contributed by atoms with Crippen LogP contribution in [0.2, 0.25) is 0 Å². The molecule has 0 amide bonds. The standard InChI is InChI=1S/C61H43BN2O/c1-61(2)50-26-15-25-48-54(63(44-21-11-5-12-22-44)45-23-13-6-14-24-45)36-34-47(59(48)50)49-38-58-53(39-51(49)61)62-52-37-43(41-19-9-4-10-20-41)31-35-55(52)64(56-27-16-28-57(65-58)60(56)62)46-32-29-42(30-33-46)40-17-7-3-8-18-40/h3-39H,1-2H3. The van der Waals surface area contributed by atoms with E-state index in [1.807, 2.05) is 0 Å². The second-order valence-electron chi connectivity index (χ2n) is 18.0. The Morgan fingerprint density at radius 2 is 1.06 bits per heavy atom. The van der Waals surface area contributed by atoms with E-state index in [2.05, 4.69) is 248 Å². The summed E-state index contributed by atoms with van der Waals surface area (Å²) in [5.41, 5.74) is 20.1. The Kier molecular flexibility index (Phi) is 8.35. The number of hydrogen-bond acceptors (Lipinski definition) is 3. The maximum absolute atomic E-state index is 7.18. The number of benzene rings is 10. The number of ether oxygens (including phenoxy) is 1. The third kappa shape index (κ3) is 5.77. The van der Waals surface area contributed by atoms with Crippen molar-refractivity contribution in [2.24, 2.45) is 0 Å². The van der Waals surface area contributed by atoms with Crippen molar-refractivity contribution in [3.63, 3.8) is 0 Å². The lowest BCUT2D eigenvalue weighted by atomic mass is 9.33. The van der Waals surface area contributed by atoms with Crippen LogP contribution in [0.4, 0.5) is 34.1 Å². The molecule has 1 aliphatic carbocycles. The first-order valence-electron chi connectivity index (χ1n) is 22.6. The van der Waals surface area contributed by atoms with E-state index in [0.717, 1.165) is 39.9 Å². The molecule has 3 nitrogen and oxygen atoms in total. The van der Waals surface area contributed by atoms with Gasteiger partial charge in [0.1, 0.15) is 11.5 Å². The third-order valence-corrected chi connectivity index (χ3v) is 14.1. The highest BCUT2D eigenvalue weighted by Gasteiger charge is 2.44. The average Bonchev–Trinajstić information content (AvgIpc) is 3.36. The number of fused-ring (bicyclic) bond motifs is 6. The molecule has 4 heteroatoms. The molecule has 10 aromatic rings. The van der Waals surface area contributed by atoms with Crippen LogP contribution >= 0.6 is 0 Å². The van der Waals surface area contributed by atoms with Crippen molar-refractivity contribution in [3.05, 3.63) is 236 Å². The van der Waals surface area contributed by atoms with Crippen molar-refractivity contribution in [3.8, 4) is 44.9 Å². The van der Waals surface area contributed by atoms with E-state index >= 15 is 0 Å². The van der Waals surface area contributed by atoms with E-state index in [-0.39, 0.29) is 12.1 Å². The molecule has 0 N–H and O–H groups in total. The molecule has 0 saturated carbocycles. The molecule has 306 valence electrons. The summed E-state index contributed by atoms with van der Waals surface area (Å²) >= 11 is 0. The Bertz CT molecular complexity index is 3440. The van der Waals surface area contributed by atoms with Gasteiger partial charge in [0, 0.05) is 39.2 Å². The Morgan fingerprint density at radius 3 is 1.75 bits per heavy atom. The molecule has 0 saturated heterocycles. The van der Waals surface area contributed by atoms with Gasteiger partial charge in [-0.3, -0.25) is 0 Å². The molecule has 10 aromatic carbocycles. The minimum atomic E-state index is -0.310. The van der Waals surface area contributed by atoms with Crippen molar-refractivity contribution >= 4 is 68.0 Å². The average molecular weight is 831 g/mol. The second kappa shape index (κ2) is 14.5. The van der Waals surface area contributed by atoms with Crippen molar-refractivity contribution in [2.75, 3.05) is 9.80 Å². The lowest BCUT2D eigenvalue weighted by Crippen LogP contribution is -2.59. The van der Waals surface area contributed by atoms with Gasteiger partial charge in [0.05, 0.1) is 5.69 Å². The summed E-state index contributed by atoms with van der Waals surface area (Å²) in [6.45, 7) is 4.76. The van der Waals surface area contributed by atoms with Crippen LogP contribution in [0.1, 0.15) is 25.0 Å². The van der Waals surface area contributed by atoms with E-state index in [1.54, 1.807) is 0 Å². The van der Waals surface area contributed by atoms with Gasteiger partial charge in [-0.25, -0.2) is 0 Å². The van der Waals surface area contributed by atoms with E-state index in [9.17, 15) is 0 Å². The Morgan fingerprint density at radius 1 is 0.446 bits per heavy atom. The van der Waals surface area contributed by atoms with Crippen molar-refractivity contribution in [1.82, 2.24) is 0 Å². The van der Waals surface area contributed by atoms with Crippen molar-refractivity contribution < 1.29 is 4.74 Å². The fourth-order valence-corrected chi connectivity index (χ4v) is 11.1. The molecule has 0 radical (unpaired) electrons. The molecule has 65 heavy (non-hydrogen) atoms. The monoisotopic (exact) mass is 830 g/mol. The summed E-state index contributed by atoms with van der Waals surface area (Å²) in [6, 6.07) is 81.8. The van der Waals surface area contributed by atoms with Gasteiger partial charge >= 0.3 is 0 Å². The number of rotatable bonds is 6. The summed E-state index contributed by atoms with van der Waals surface area (Å²) in [4.78, 5) is 4.83. The minimum Gasteiger partial charge on any atom is -0.458 e. The van der Waals surface area contributed by atoms with Gasteiger partial charge in [-0.05, 0) is 133 Å². The second-order valence-corrected chi connectivity index (χ2v) is 18.0. The fourth-order valence-electron chi connectivity index (χ4n) is 11.1. The molecule has 0 fully saturated rings. The summed E-state index contributed by atoms with van der Waals surface area (Å²) in [5, 5.41) is 2.52. The molecule has 0 bridgehead atoms. The van der Waals surface area contributed by atoms with Gasteiger partial charge in [0.15, 0.2) is 0 Å². The highest BCUT2D eigenvalue weighted by atomic mass is 16.5. The van der Waals surface area contributed by atoms with Crippen LogP contribution in [0, 0.1) is 0 Å². The molecule has 0 aromatic heterocycles. The molecule has 0 spiro atoms. The Hall–Kier alpha value is -8.08. The van der Waals surface area contributed by atoms with E-state index < -0.39 is 0 Å². The van der Waals surface area contributed by atoms with Gasteiger partial charge in [0.2, 0.25) is 0 Å². The van der Waals surface area contributed by atoms with Crippen LogP contribution < -0.4 is 30.9 Å². The normalized spacial score (nSPS) is 13.6. The first-order chi connectivity index (χ1) is 32.0. The van der Waals surface area contributed by atoms with Crippen LogP contribution in [0.5, 0.6) is 11.5 Å². The first kappa shape index (κ1) is 37.5. The summed E-state index contributed by atoms with van der Waals surface area (Å²) in [5.74, 6) is 1.82. The maximum Gasteiger partial charge on any atom is 0.256 e. The lowest BCUT2D eigenvalue weighted by molar-refractivity contribution is 0.487. The summed E-state index contributed by atoms with van der Waals surface area (Å²) < 4.78 is 7.18. The third-order valence-electron chi connectivity index (χ3n) is 14.1. The summed E-state index contributed by atoms with van der Waals surface area (Å²) in [7, 11) is 0. The molecule has 0 atom stereocenters. The number of anilines is 6. The number of nitrogens with zero attached hydrogens (tertiary/aromatic N) is 2. The predicted octanol–water partition coefficient (Wildman–Crippen LogP) is 14.4. The highest BCUT2D eigenvalue weighted by molar-refractivity contribution is 6.99. The smallest absolute Gasteiger partial charge is 0.256 e. The molecular formula is C61H43BN2O. The zero-order valence-corrected chi connectivity index (χ0v) is 36.2. The van der Waals surface area contributed by atoms with Gasteiger partial charge in [-0.15, -0.1) is 0 Å². The molecule has 3 aliphatic rings. The van der Waals surface area contributed by atoms with Gasteiger partial charge in [0.25, 0.3) is 6.71 Å². The van der Waals surface area contributed by atoms with Crippen LogP contribution in [-0.4, -0.2) is 6.71 Å². The number of para-hydroxylation sites is 2. The van der Waals surface area contributed by atoms with Gasteiger partial charge < -0.3 is 14.5 Å². The van der Waals surface area contributed by atoms with Gasteiger partial charge in [-0.2, -0.15) is 0 Å². The zero-order valence-electron chi connectivity index (χ0n) is 36.2. The fraction of sp³-hybridized carbons (Fsp3) is 0.0492. The van der Waals surface area contributed by atoms with E-state index in [4.69, 9.17) is 4.74 Å². The molecule has 2 heterocycles. The highest BCUT2D eigenvalue weighted by Crippen LogP contribution is 2.53. The quantitative estimate of drug-likeness (QED) is 0.155. The van der Waals surface area contributed by atoms with Crippen molar-refractivity contribution in [2.45, 2.75) is 19.3 Å². The SMILES string of the molecule is CC1(C)c2cc3c(cc2-c2ccc(N(c4ccccc4)c4ccccc4)c4cccc1c24)Oc1cccc2c1B3c1cc(-c3ccccc3)ccc1N2c1ccc(-c2ccccc2)cc1. The Labute approximate surface area is 380 Å². The molecule has 2 aliphatic heterocycles. The topological polar surface area (TPSA) is 15.7 Å². The van der Waals surface area contributed by atoms with Crippen LogP contribution in [-0.2, 0) is 5.41 Å². The molecular weight excluding hydrogens is 787 g/mol. The van der Waals surface area contributed by atoms with Gasteiger partial charge in [-0.1, -0.05) is 172 Å². The zero-order chi connectivity index (χ0) is 43.2. The first-order valence-corrected chi connectivity index (χ1v) is 22.6. The van der Waals surface area contributed by atoms with Crippen molar-refractivity contribution in [1.29, 1.82) is 0 Å². The van der Waals surface area contributed by atoms with E-state index in [1.165, 1.54) is 77.4 Å². The minimum absolute atomic E-state index is 0.0468. The molecule has 0 unspecified atom stereocenters. The van der Waals surface area contributed by atoms with Crippen LogP contribution in [0.25, 0.3) is 44.2 Å². The van der Waals surface area contributed by atoms with Crippen LogP contribution in [0.3, 0.4) is 0 Å². The van der Waals surface area contributed by atoms with E-state index in [0.29, 0.717) is 0 Å². The lowest BCUT2D eigenvalue weighted by Gasteiger charge is -2.42. The van der Waals surface area contributed by atoms with Crippen LogP contribution in [0.15, 0.2) is 224 Å². The summed E-state index contributed by atoms with van der Waals surface area (Å²) in [6.07, 6.45) is 0.